The van der Waals surface area contributed by atoms with Crippen LogP contribution in [0.1, 0.15) is 28.6 Å². The third-order valence-corrected chi connectivity index (χ3v) is 6.99. The summed E-state index contributed by atoms with van der Waals surface area (Å²) in [5, 5.41) is 4.44. The molecule has 4 rings (SSSR count). The first-order valence-electron chi connectivity index (χ1n) is 9.15. The van der Waals surface area contributed by atoms with Gasteiger partial charge in [0.1, 0.15) is 5.82 Å². The van der Waals surface area contributed by atoms with Gasteiger partial charge in [-0.3, -0.25) is 9.48 Å². The van der Waals surface area contributed by atoms with Gasteiger partial charge in [-0.2, -0.15) is 5.10 Å². The molecule has 2 aliphatic heterocycles. The van der Waals surface area contributed by atoms with Crippen LogP contribution in [0.15, 0.2) is 30.5 Å². The molecule has 1 amide bonds. The number of nitrogens with zero attached hydrogens (tertiary/aromatic N) is 5. The van der Waals surface area contributed by atoms with E-state index in [2.05, 4.69) is 15.0 Å². The molecule has 144 valence electrons. The van der Waals surface area contributed by atoms with Crippen molar-refractivity contribution in [1.82, 2.24) is 19.7 Å². The van der Waals surface area contributed by atoms with Gasteiger partial charge in [-0.05, 0) is 31.5 Å². The number of rotatable bonds is 3. The minimum absolute atomic E-state index is 0.0987. The number of aryl methyl sites for hydroxylation is 1. The van der Waals surface area contributed by atoms with Gasteiger partial charge in [-0.25, -0.2) is 13.4 Å². The van der Waals surface area contributed by atoms with Crippen LogP contribution in [-0.4, -0.2) is 71.7 Å². The molecule has 0 N–H and O–H groups in total. The lowest BCUT2D eigenvalue weighted by atomic mass is 10.2. The van der Waals surface area contributed by atoms with Crippen LogP contribution in [0, 0.1) is 6.92 Å². The lowest BCUT2D eigenvalue weighted by molar-refractivity contribution is 0.0739. The summed E-state index contributed by atoms with van der Waals surface area (Å²) >= 11 is 0. The number of hydrogen-bond donors (Lipinski definition) is 0. The molecule has 0 spiro atoms. The summed E-state index contributed by atoms with van der Waals surface area (Å²) in [4.78, 5) is 21.2. The van der Waals surface area contributed by atoms with Crippen molar-refractivity contribution >= 4 is 21.6 Å². The lowest BCUT2D eigenvalue weighted by Crippen LogP contribution is -2.49. The van der Waals surface area contributed by atoms with E-state index in [4.69, 9.17) is 0 Å². The number of amides is 1. The zero-order valence-electron chi connectivity index (χ0n) is 15.3. The smallest absolute Gasteiger partial charge is 0.274 e. The lowest BCUT2D eigenvalue weighted by Gasteiger charge is -2.35. The standard InChI is InChI=1S/C18H23N5O3S/c1-14-12-16(20-23(14)15-5-11-27(25,26)13-15)18(24)22-9-7-21(8-10-22)17-4-2-3-6-19-17/h2-4,6,12,15H,5,7-11,13H2,1H3. The quantitative estimate of drug-likeness (QED) is 0.775. The predicted molar refractivity (Wildman–Crippen MR) is 102 cm³/mol. The maximum atomic E-state index is 12.8. The van der Waals surface area contributed by atoms with Crippen molar-refractivity contribution in [2.45, 2.75) is 19.4 Å². The summed E-state index contributed by atoms with van der Waals surface area (Å²) < 4.78 is 25.2. The Balaban J connectivity index is 1.43. The zero-order chi connectivity index (χ0) is 19.0. The summed E-state index contributed by atoms with van der Waals surface area (Å²) in [6.07, 6.45) is 2.33. The Morgan fingerprint density at radius 1 is 1.19 bits per heavy atom. The van der Waals surface area contributed by atoms with Crippen molar-refractivity contribution in [3.8, 4) is 0 Å². The predicted octanol–water partition coefficient (Wildman–Crippen LogP) is 0.909. The van der Waals surface area contributed by atoms with Gasteiger partial charge in [0, 0.05) is 38.1 Å². The highest BCUT2D eigenvalue weighted by molar-refractivity contribution is 7.91. The minimum atomic E-state index is -2.99. The van der Waals surface area contributed by atoms with Crippen LogP contribution in [0.3, 0.4) is 0 Å². The third-order valence-electron chi connectivity index (χ3n) is 5.24. The van der Waals surface area contributed by atoms with Gasteiger partial charge in [0.25, 0.3) is 5.91 Å². The van der Waals surface area contributed by atoms with Crippen molar-refractivity contribution in [2.24, 2.45) is 0 Å². The van der Waals surface area contributed by atoms with Crippen molar-refractivity contribution < 1.29 is 13.2 Å². The van der Waals surface area contributed by atoms with Gasteiger partial charge < -0.3 is 9.80 Å². The Hall–Kier alpha value is -2.42. The van der Waals surface area contributed by atoms with Gasteiger partial charge >= 0.3 is 0 Å². The molecule has 2 aromatic rings. The minimum Gasteiger partial charge on any atom is -0.353 e. The first-order valence-corrected chi connectivity index (χ1v) is 11.0. The molecule has 1 unspecified atom stereocenters. The monoisotopic (exact) mass is 389 g/mol. The average molecular weight is 389 g/mol. The van der Waals surface area contributed by atoms with E-state index in [1.807, 2.05) is 25.1 Å². The molecular weight excluding hydrogens is 366 g/mol. The van der Waals surface area contributed by atoms with Crippen LogP contribution in [-0.2, 0) is 9.84 Å². The van der Waals surface area contributed by atoms with Crippen LogP contribution >= 0.6 is 0 Å². The Labute approximate surface area is 158 Å². The normalized spacial score (nSPS) is 22.2. The largest absolute Gasteiger partial charge is 0.353 e. The second-order valence-corrected chi connectivity index (χ2v) is 9.37. The Morgan fingerprint density at radius 3 is 2.59 bits per heavy atom. The Kier molecular flexibility index (Phi) is 4.63. The molecule has 1 atom stereocenters. The first-order chi connectivity index (χ1) is 12.9. The number of anilines is 1. The van der Waals surface area contributed by atoms with Crippen molar-refractivity contribution in [3.63, 3.8) is 0 Å². The molecule has 8 nitrogen and oxygen atoms in total. The van der Waals surface area contributed by atoms with Gasteiger partial charge in [0.15, 0.2) is 15.5 Å². The molecule has 0 aromatic carbocycles. The van der Waals surface area contributed by atoms with Gasteiger partial charge in [0.2, 0.25) is 0 Å². The third kappa shape index (κ3) is 3.69. The highest BCUT2D eigenvalue weighted by Gasteiger charge is 2.32. The van der Waals surface area contributed by atoms with Gasteiger partial charge in [0.05, 0.1) is 17.5 Å². The number of pyridine rings is 1. The van der Waals surface area contributed by atoms with Crippen LogP contribution in [0.4, 0.5) is 5.82 Å². The summed E-state index contributed by atoms with van der Waals surface area (Å²) in [7, 11) is -2.99. The SMILES string of the molecule is Cc1cc(C(=O)N2CCN(c3ccccn3)CC2)nn1C1CCS(=O)(=O)C1. The number of sulfone groups is 1. The fourth-order valence-electron chi connectivity index (χ4n) is 3.77. The number of aromatic nitrogens is 3. The van der Waals surface area contributed by atoms with Crippen LogP contribution in [0.25, 0.3) is 0 Å². The summed E-state index contributed by atoms with van der Waals surface area (Å²) in [6.45, 7) is 4.54. The molecule has 0 aliphatic carbocycles. The molecule has 2 saturated heterocycles. The van der Waals surface area contributed by atoms with Crippen molar-refractivity contribution in [3.05, 3.63) is 41.9 Å². The number of carbonyl (C=O) groups excluding carboxylic acids is 1. The number of carbonyl (C=O) groups is 1. The molecular formula is C18H23N5O3S. The van der Waals surface area contributed by atoms with E-state index in [-0.39, 0.29) is 23.5 Å². The molecule has 2 aromatic heterocycles. The average Bonchev–Trinajstić information content (AvgIpc) is 3.24. The molecule has 9 heteroatoms. The Bertz CT molecular complexity index is 933. The molecule has 27 heavy (non-hydrogen) atoms. The summed E-state index contributed by atoms with van der Waals surface area (Å²) in [6, 6.07) is 7.41. The van der Waals surface area contributed by atoms with E-state index >= 15 is 0 Å². The van der Waals surface area contributed by atoms with Crippen LogP contribution in [0.2, 0.25) is 0 Å². The zero-order valence-corrected chi connectivity index (χ0v) is 16.1. The highest BCUT2D eigenvalue weighted by atomic mass is 32.2. The highest BCUT2D eigenvalue weighted by Crippen LogP contribution is 2.25. The van der Waals surface area contributed by atoms with E-state index < -0.39 is 9.84 Å². The van der Waals surface area contributed by atoms with Crippen molar-refractivity contribution in [2.75, 3.05) is 42.6 Å². The molecule has 0 radical (unpaired) electrons. The van der Waals surface area contributed by atoms with Crippen LogP contribution in [0.5, 0.6) is 0 Å². The van der Waals surface area contributed by atoms with Gasteiger partial charge in [-0.1, -0.05) is 6.07 Å². The maximum Gasteiger partial charge on any atom is 0.274 e. The second-order valence-electron chi connectivity index (χ2n) is 7.14. The maximum absolute atomic E-state index is 12.8. The van der Waals surface area contributed by atoms with E-state index in [1.54, 1.807) is 21.8 Å². The first kappa shape index (κ1) is 18.0. The molecule has 2 fully saturated rings. The Morgan fingerprint density at radius 2 is 1.96 bits per heavy atom. The fourth-order valence-corrected chi connectivity index (χ4v) is 5.46. The number of piperazine rings is 1. The van der Waals surface area contributed by atoms with E-state index in [0.29, 0.717) is 25.2 Å². The van der Waals surface area contributed by atoms with Crippen LogP contribution < -0.4 is 4.90 Å². The fraction of sp³-hybridized carbons (Fsp3) is 0.500. The second kappa shape index (κ2) is 6.95. The molecule has 4 heterocycles. The van der Waals surface area contributed by atoms with E-state index in [0.717, 1.165) is 24.6 Å². The summed E-state index contributed by atoms with van der Waals surface area (Å²) in [5.41, 5.74) is 1.22. The topological polar surface area (TPSA) is 88.4 Å². The van der Waals surface area contributed by atoms with Crippen molar-refractivity contribution in [1.29, 1.82) is 0 Å². The van der Waals surface area contributed by atoms with E-state index in [9.17, 15) is 13.2 Å². The van der Waals surface area contributed by atoms with Gasteiger partial charge in [-0.15, -0.1) is 0 Å². The molecule has 0 saturated carbocycles. The molecule has 2 aliphatic rings. The van der Waals surface area contributed by atoms with E-state index in [1.165, 1.54) is 0 Å². The number of hydrogen-bond acceptors (Lipinski definition) is 6. The molecule has 0 bridgehead atoms. The summed E-state index contributed by atoms with van der Waals surface area (Å²) in [5.74, 6) is 1.12.